The summed E-state index contributed by atoms with van der Waals surface area (Å²) < 4.78 is 0. The summed E-state index contributed by atoms with van der Waals surface area (Å²) in [5.41, 5.74) is 0. The molecular weight excluding hydrogens is 61.0 g/mol. The normalized spacial score (nSPS) is 5.25. The van der Waals surface area contributed by atoms with Crippen molar-refractivity contribution < 1.29 is 0 Å². The van der Waals surface area contributed by atoms with Crippen LogP contribution in [-0.2, 0) is 0 Å². The third kappa shape index (κ3) is 14.6. The number of hydrogen-bond donors (Lipinski definition) is 1. The number of rotatable bonds is 0. The molecule has 0 aromatic heterocycles. The zero-order valence-electron chi connectivity index (χ0n) is 2.50. The van der Waals surface area contributed by atoms with Gasteiger partial charge in [0.25, 0.3) is 0 Å². The first kappa shape index (κ1) is 8.84. The Morgan fingerprint density at radius 1 is 1.75 bits per heavy atom. The molecule has 0 atom stereocenters. The summed E-state index contributed by atoms with van der Waals surface area (Å²) >= 11 is 0. The van der Waals surface area contributed by atoms with Crippen LogP contribution >= 0.6 is 0 Å². The Labute approximate surface area is 41.8 Å². The molecule has 0 aromatic carbocycles. The molecule has 4 heavy (non-hydrogen) atoms. The van der Waals surface area contributed by atoms with Gasteiger partial charge in [-0.05, 0) is 7.05 Å². The van der Waals surface area contributed by atoms with Crippen LogP contribution in [0.3, 0.4) is 0 Å². The summed E-state index contributed by atoms with van der Waals surface area (Å²) in [5.74, 6) is 0. The minimum atomic E-state index is 0. The van der Waals surface area contributed by atoms with Crippen molar-refractivity contribution in [2.24, 2.45) is 0 Å². The predicted octanol–water partition coefficient (Wildman–Crippen LogP) is -2.16. The van der Waals surface area contributed by atoms with Crippen LogP contribution in [0.25, 0.3) is 0 Å². The fourth-order valence-corrected chi connectivity index (χ4v) is 0. The van der Waals surface area contributed by atoms with Gasteiger partial charge in [-0.25, -0.2) is 0 Å². The van der Waals surface area contributed by atoms with Crippen molar-refractivity contribution >= 4 is 29.3 Å². The molecule has 0 heterocycles. The standard InChI is InChI=1S/CH7NSi.Li.H/c1-2-3;;/h2H,1,3H3;;. The molecule has 0 aliphatic rings. The first-order valence-corrected chi connectivity index (χ1v) is 2.00. The fraction of sp³-hybridized carbons (Fsp3) is 1.00. The zero-order chi connectivity index (χ0) is 2.71. The maximum absolute atomic E-state index is 2.89. The summed E-state index contributed by atoms with van der Waals surface area (Å²) in [6.07, 6.45) is 0. The first-order valence-electron chi connectivity index (χ1n) is 1.00. The van der Waals surface area contributed by atoms with Gasteiger partial charge in [-0.15, -0.1) is 0 Å². The van der Waals surface area contributed by atoms with Gasteiger partial charge in [0.2, 0.25) is 0 Å². The van der Waals surface area contributed by atoms with Crippen LogP contribution in [0.15, 0.2) is 0 Å². The summed E-state index contributed by atoms with van der Waals surface area (Å²) in [5, 5.41) is 0. The van der Waals surface area contributed by atoms with E-state index < -0.39 is 0 Å². The predicted molar refractivity (Wildman–Crippen MR) is 26.1 cm³/mol. The topological polar surface area (TPSA) is 12.0 Å². The molecule has 0 amide bonds. The van der Waals surface area contributed by atoms with Gasteiger partial charge in [0, 0.05) is 0 Å². The van der Waals surface area contributed by atoms with Crippen molar-refractivity contribution in [3.8, 4) is 0 Å². The Balaban J connectivity index is 0. The Kier molecular flexibility index (Phi) is 20.4. The number of nitrogens with one attached hydrogen (secondary N) is 1. The molecule has 0 saturated carbocycles. The van der Waals surface area contributed by atoms with Crippen LogP contribution in [0.4, 0.5) is 0 Å². The molecule has 0 rings (SSSR count). The zero-order valence-corrected chi connectivity index (χ0v) is 4.50. The second kappa shape index (κ2) is 9.23. The molecule has 0 bridgehead atoms. The molecule has 0 aliphatic carbocycles. The summed E-state index contributed by atoms with van der Waals surface area (Å²) in [6, 6.07) is 0. The van der Waals surface area contributed by atoms with Crippen LogP contribution in [0, 0.1) is 0 Å². The molecule has 0 radical (unpaired) electrons. The van der Waals surface area contributed by atoms with E-state index in [9.17, 15) is 0 Å². The van der Waals surface area contributed by atoms with Crippen molar-refractivity contribution in [1.82, 2.24) is 4.98 Å². The third-order valence-corrected chi connectivity index (χ3v) is 0. The van der Waals surface area contributed by atoms with E-state index in [1.54, 1.807) is 0 Å². The molecule has 0 aliphatic heterocycles. The van der Waals surface area contributed by atoms with Gasteiger partial charge >= 0.3 is 18.9 Å². The SMILES string of the molecule is CN[SiH3].[LiH]. The summed E-state index contributed by atoms with van der Waals surface area (Å²) in [6.45, 7) is 0. The van der Waals surface area contributed by atoms with Crippen LogP contribution in [-0.4, -0.2) is 36.3 Å². The minimum absolute atomic E-state index is 0. The monoisotopic (exact) mass is 69.1 g/mol. The Morgan fingerprint density at radius 3 is 1.75 bits per heavy atom. The molecule has 1 nitrogen and oxygen atoms in total. The van der Waals surface area contributed by atoms with Crippen LogP contribution in [0.1, 0.15) is 0 Å². The quantitative estimate of drug-likeness (QED) is 0.319. The van der Waals surface area contributed by atoms with E-state index in [1.165, 1.54) is 0 Å². The van der Waals surface area contributed by atoms with Crippen molar-refractivity contribution in [3.63, 3.8) is 0 Å². The van der Waals surface area contributed by atoms with Crippen LogP contribution in [0.5, 0.6) is 0 Å². The molecule has 0 saturated heterocycles. The second-order valence-electron chi connectivity index (χ2n) is 0.500. The van der Waals surface area contributed by atoms with Crippen LogP contribution in [0.2, 0.25) is 0 Å². The molecule has 3 heteroatoms. The maximum atomic E-state index is 2.89. The Bertz CT molecular complexity index is 8.00. The van der Waals surface area contributed by atoms with Crippen LogP contribution < -0.4 is 4.98 Å². The Morgan fingerprint density at radius 2 is 1.75 bits per heavy atom. The van der Waals surface area contributed by atoms with E-state index in [0.717, 1.165) is 10.4 Å². The fourth-order valence-electron chi connectivity index (χ4n) is 0. The Hall–Kier alpha value is 0.774. The average molecular weight is 69.1 g/mol. The van der Waals surface area contributed by atoms with E-state index in [4.69, 9.17) is 0 Å². The van der Waals surface area contributed by atoms with E-state index >= 15 is 0 Å². The molecular formula is CH8LiNSi. The van der Waals surface area contributed by atoms with Gasteiger partial charge in [-0.3, -0.25) is 0 Å². The van der Waals surface area contributed by atoms with E-state index in [2.05, 4.69) is 4.98 Å². The average Bonchev–Trinajstić information content (AvgIpc) is 0.918. The molecule has 0 spiro atoms. The van der Waals surface area contributed by atoms with E-state index in [-0.39, 0.29) is 18.9 Å². The van der Waals surface area contributed by atoms with Crippen molar-refractivity contribution in [1.29, 1.82) is 0 Å². The van der Waals surface area contributed by atoms with Gasteiger partial charge in [0.15, 0.2) is 0 Å². The van der Waals surface area contributed by atoms with Gasteiger partial charge in [-0.2, -0.15) is 0 Å². The third-order valence-electron chi connectivity index (χ3n) is 0. The van der Waals surface area contributed by atoms with E-state index in [0.29, 0.717) is 0 Å². The van der Waals surface area contributed by atoms with Gasteiger partial charge < -0.3 is 4.98 Å². The van der Waals surface area contributed by atoms with Gasteiger partial charge in [0.05, 0.1) is 10.4 Å². The van der Waals surface area contributed by atoms with Gasteiger partial charge in [-0.1, -0.05) is 0 Å². The van der Waals surface area contributed by atoms with E-state index in [1.807, 2.05) is 7.05 Å². The van der Waals surface area contributed by atoms with Crippen molar-refractivity contribution in [2.75, 3.05) is 7.05 Å². The van der Waals surface area contributed by atoms with Crippen molar-refractivity contribution in [3.05, 3.63) is 0 Å². The molecule has 1 N–H and O–H groups in total. The second-order valence-corrected chi connectivity index (χ2v) is 1.50. The van der Waals surface area contributed by atoms with Crippen molar-refractivity contribution in [2.45, 2.75) is 0 Å². The first-order chi connectivity index (χ1) is 1.41. The van der Waals surface area contributed by atoms with Gasteiger partial charge in [0.1, 0.15) is 0 Å². The molecule has 22 valence electrons. The molecule has 0 unspecified atom stereocenters. The molecule has 0 aromatic rings. The summed E-state index contributed by atoms with van der Waals surface area (Å²) in [4.78, 5) is 2.89. The molecule has 0 fully saturated rings. The number of hydrogen-bond acceptors (Lipinski definition) is 1. The summed E-state index contributed by atoms with van der Waals surface area (Å²) in [7, 11) is 3.06.